The molecule has 0 radical (unpaired) electrons. The Balaban J connectivity index is 3.58. The van der Waals surface area contributed by atoms with Crippen molar-refractivity contribution in [3.8, 4) is 0 Å². The first kappa shape index (κ1) is 9.43. The minimum absolute atomic E-state index is 0.102. The van der Waals surface area contributed by atoms with Gasteiger partial charge in [0.25, 0.3) is 0 Å². The topological polar surface area (TPSA) is 49.3 Å². The summed E-state index contributed by atoms with van der Waals surface area (Å²) in [6.07, 6.45) is 1.28. The Bertz CT molecular complexity index is 115. The molecule has 60 valence electrons. The van der Waals surface area contributed by atoms with Crippen LogP contribution in [0.15, 0.2) is 0 Å². The molecule has 1 amide bonds. The predicted octanol–water partition coefficient (Wildman–Crippen LogP) is 0.631. The van der Waals surface area contributed by atoms with E-state index in [0.717, 1.165) is 6.42 Å². The average Bonchev–Trinajstić information content (AvgIpc) is 1.59. The van der Waals surface area contributed by atoms with Crippen molar-refractivity contribution in [3.63, 3.8) is 0 Å². The number of amides is 1. The van der Waals surface area contributed by atoms with Gasteiger partial charge in [-0.05, 0) is 20.3 Å². The second-order valence-electron chi connectivity index (χ2n) is 2.86. The molecule has 0 aliphatic rings. The molecule has 0 saturated heterocycles. The maximum atomic E-state index is 10.8. The quantitative estimate of drug-likeness (QED) is 0.572. The summed E-state index contributed by atoms with van der Waals surface area (Å²) in [5.41, 5.74) is -1.08. The number of rotatable bonds is 3. The van der Waals surface area contributed by atoms with Gasteiger partial charge in [-0.3, -0.25) is 4.79 Å². The Morgan fingerprint density at radius 3 is 2.40 bits per heavy atom. The number of nitrogens with one attached hydrogen (secondary N) is 1. The molecule has 0 rings (SSSR count). The van der Waals surface area contributed by atoms with E-state index in [-0.39, 0.29) is 5.91 Å². The van der Waals surface area contributed by atoms with Gasteiger partial charge < -0.3 is 10.4 Å². The van der Waals surface area contributed by atoms with Crippen molar-refractivity contribution in [2.45, 2.75) is 39.3 Å². The molecule has 0 saturated carbocycles. The monoisotopic (exact) mass is 145 g/mol. The fraction of sp³-hybridized carbons (Fsp3) is 0.857. The van der Waals surface area contributed by atoms with Gasteiger partial charge in [-0.25, -0.2) is 0 Å². The van der Waals surface area contributed by atoms with Gasteiger partial charge in [0.15, 0.2) is 0 Å². The van der Waals surface area contributed by atoms with Crippen LogP contribution in [-0.2, 0) is 4.79 Å². The van der Waals surface area contributed by atoms with Gasteiger partial charge in [0, 0.05) is 6.42 Å². The van der Waals surface area contributed by atoms with Crippen LogP contribution in [0.2, 0.25) is 0 Å². The van der Waals surface area contributed by atoms with Crippen molar-refractivity contribution in [3.05, 3.63) is 0 Å². The van der Waals surface area contributed by atoms with Crippen molar-refractivity contribution >= 4 is 5.91 Å². The zero-order valence-electron chi connectivity index (χ0n) is 6.77. The van der Waals surface area contributed by atoms with Crippen molar-refractivity contribution < 1.29 is 9.90 Å². The fourth-order valence-electron chi connectivity index (χ4n) is 0.631. The molecule has 10 heavy (non-hydrogen) atoms. The molecule has 0 atom stereocenters. The summed E-state index contributed by atoms with van der Waals surface area (Å²) in [7, 11) is 0. The zero-order valence-corrected chi connectivity index (χ0v) is 6.77. The molecular formula is C7H15NO2. The highest BCUT2D eigenvalue weighted by molar-refractivity contribution is 5.76. The lowest BCUT2D eigenvalue weighted by atomic mass is 10.2. The smallest absolute Gasteiger partial charge is 0.222 e. The number of aliphatic hydroxyl groups is 1. The van der Waals surface area contributed by atoms with Gasteiger partial charge in [-0.15, -0.1) is 0 Å². The maximum Gasteiger partial charge on any atom is 0.222 e. The third kappa shape index (κ3) is 5.56. The van der Waals surface area contributed by atoms with E-state index in [9.17, 15) is 4.79 Å². The molecule has 0 unspecified atom stereocenters. The van der Waals surface area contributed by atoms with Gasteiger partial charge in [0.1, 0.15) is 5.72 Å². The lowest BCUT2D eigenvalue weighted by molar-refractivity contribution is -0.127. The van der Waals surface area contributed by atoms with E-state index in [1.807, 2.05) is 6.92 Å². The van der Waals surface area contributed by atoms with E-state index in [1.165, 1.54) is 0 Å². The average molecular weight is 145 g/mol. The molecule has 0 aliphatic heterocycles. The van der Waals surface area contributed by atoms with Crippen molar-refractivity contribution in [2.75, 3.05) is 0 Å². The van der Waals surface area contributed by atoms with Crippen LogP contribution in [0.25, 0.3) is 0 Å². The summed E-state index contributed by atoms with van der Waals surface area (Å²) >= 11 is 0. The SMILES string of the molecule is CCCC(=O)NC(C)(C)O. The third-order valence-corrected chi connectivity index (χ3v) is 0.922. The second kappa shape index (κ2) is 3.56. The summed E-state index contributed by atoms with van der Waals surface area (Å²) in [4.78, 5) is 10.8. The van der Waals surface area contributed by atoms with Gasteiger partial charge in [0.2, 0.25) is 5.91 Å². The molecule has 3 heteroatoms. The Hall–Kier alpha value is -0.570. The van der Waals surface area contributed by atoms with E-state index in [1.54, 1.807) is 13.8 Å². The lowest BCUT2D eigenvalue weighted by Crippen LogP contribution is -2.42. The molecule has 0 bridgehead atoms. The van der Waals surface area contributed by atoms with Crippen LogP contribution >= 0.6 is 0 Å². The largest absolute Gasteiger partial charge is 0.372 e. The summed E-state index contributed by atoms with van der Waals surface area (Å²) in [5.74, 6) is -0.102. The van der Waals surface area contributed by atoms with Gasteiger partial charge in [-0.1, -0.05) is 6.92 Å². The first-order valence-corrected chi connectivity index (χ1v) is 3.49. The molecule has 0 aromatic rings. The standard InChI is InChI=1S/C7H15NO2/c1-4-5-6(9)8-7(2,3)10/h10H,4-5H2,1-3H3,(H,8,9). The molecule has 0 heterocycles. The van der Waals surface area contributed by atoms with Crippen LogP contribution in [0.4, 0.5) is 0 Å². The molecule has 0 fully saturated rings. The van der Waals surface area contributed by atoms with Crippen molar-refractivity contribution in [1.29, 1.82) is 0 Å². The summed E-state index contributed by atoms with van der Waals surface area (Å²) < 4.78 is 0. The Kier molecular flexibility index (Phi) is 3.36. The van der Waals surface area contributed by atoms with E-state index < -0.39 is 5.72 Å². The minimum atomic E-state index is -1.08. The highest BCUT2D eigenvalue weighted by atomic mass is 16.3. The summed E-state index contributed by atoms with van der Waals surface area (Å²) in [5, 5.41) is 11.5. The van der Waals surface area contributed by atoms with Crippen molar-refractivity contribution in [2.24, 2.45) is 0 Å². The van der Waals surface area contributed by atoms with Crippen LogP contribution in [0, 0.1) is 0 Å². The Morgan fingerprint density at radius 1 is 1.60 bits per heavy atom. The molecule has 0 aromatic heterocycles. The van der Waals surface area contributed by atoms with Gasteiger partial charge in [-0.2, -0.15) is 0 Å². The second-order valence-corrected chi connectivity index (χ2v) is 2.86. The van der Waals surface area contributed by atoms with Crippen molar-refractivity contribution in [1.82, 2.24) is 5.32 Å². The molecule has 0 aliphatic carbocycles. The van der Waals surface area contributed by atoms with Gasteiger partial charge >= 0.3 is 0 Å². The Labute approximate surface area is 61.4 Å². The fourth-order valence-corrected chi connectivity index (χ4v) is 0.631. The number of hydrogen-bond donors (Lipinski definition) is 2. The van der Waals surface area contributed by atoms with Crippen LogP contribution in [-0.4, -0.2) is 16.7 Å². The highest BCUT2D eigenvalue weighted by Crippen LogP contribution is 1.96. The van der Waals surface area contributed by atoms with E-state index in [4.69, 9.17) is 5.11 Å². The van der Waals surface area contributed by atoms with Crippen LogP contribution in [0.1, 0.15) is 33.6 Å². The maximum absolute atomic E-state index is 10.8. The predicted molar refractivity (Wildman–Crippen MR) is 39.3 cm³/mol. The van der Waals surface area contributed by atoms with Gasteiger partial charge in [0.05, 0.1) is 0 Å². The first-order valence-electron chi connectivity index (χ1n) is 3.49. The third-order valence-electron chi connectivity index (χ3n) is 0.922. The zero-order chi connectivity index (χ0) is 8.20. The van der Waals surface area contributed by atoms with E-state index in [0.29, 0.717) is 6.42 Å². The molecule has 3 nitrogen and oxygen atoms in total. The highest BCUT2D eigenvalue weighted by Gasteiger charge is 2.13. The minimum Gasteiger partial charge on any atom is -0.372 e. The first-order chi connectivity index (χ1) is 4.45. The Morgan fingerprint density at radius 2 is 2.10 bits per heavy atom. The lowest BCUT2D eigenvalue weighted by Gasteiger charge is -2.18. The number of carbonyl (C=O) groups excluding carboxylic acids is 1. The molecule has 2 N–H and O–H groups in total. The summed E-state index contributed by atoms with van der Waals surface area (Å²) in [6.45, 7) is 5.01. The number of hydrogen-bond acceptors (Lipinski definition) is 2. The molecule has 0 spiro atoms. The van der Waals surface area contributed by atoms with Crippen LogP contribution in [0.5, 0.6) is 0 Å². The molecular weight excluding hydrogens is 130 g/mol. The van der Waals surface area contributed by atoms with E-state index >= 15 is 0 Å². The number of carbonyl (C=O) groups is 1. The summed E-state index contributed by atoms with van der Waals surface area (Å²) in [6, 6.07) is 0. The normalized spacial score (nSPS) is 11.2. The molecule has 0 aromatic carbocycles. The van der Waals surface area contributed by atoms with Crippen LogP contribution in [0.3, 0.4) is 0 Å². The van der Waals surface area contributed by atoms with Crippen LogP contribution < -0.4 is 5.32 Å². The van der Waals surface area contributed by atoms with E-state index in [2.05, 4.69) is 5.32 Å².